The van der Waals surface area contributed by atoms with Gasteiger partial charge in [0.25, 0.3) is 0 Å². The molecule has 1 aliphatic heterocycles. The van der Waals surface area contributed by atoms with Gasteiger partial charge in [-0.25, -0.2) is 9.97 Å². The highest BCUT2D eigenvalue weighted by Gasteiger charge is 2.51. The maximum atomic E-state index is 6.69. The molecule has 0 saturated heterocycles. The van der Waals surface area contributed by atoms with E-state index in [1.807, 2.05) is 6.07 Å². The second-order valence-corrected chi connectivity index (χ2v) is 16.5. The normalized spacial score (nSPS) is 14.3. The number of fused-ring (bicyclic) bond motifs is 12. The maximum Gasteiger partial charge on any atom is 0.160 e. The second-order valence-electron chi connectivity index (χ2n) is 16.5. The summed E-state index contributed by atoms with van der Waals surface area (Å²) in [5.41, 5.74) is 19.3. The van der Waals surface area contributed by atoms with Crippen LogP contribution in [0.5, 0.6) is 11.5 Å². The third-order valence-electron chi connectivity index (χ3n) is 13.0. The zero-order chi connectivity index (χ0) is 39.3. The van der Waals surface area contributed by atoms with E-state index < -0.39 is 5.41 Å². The highest BCUT2D eigenvalue weighted by atomic mass is 16.5. The first-order valence-corrected chi connectivity index (χ1v) is 20.4. The summed E-state index contributed by atoms with van der Waals surface area (Å²) in [6.45, 7) is 4.65. The molecule has 0 unspecified atom stereocenters. The fourth-order valence-corrected chi connectivity index (χ4v) is 10.2. The van der Waals surface area contributed by atoms with Crippen molar-refractivity contribution in [2.45, 2.75) is 24.7 Å². The SMILES string of the molecule is CC1(C)c2ccccc2-c2ccc(-c3cc(-c4ccccc4)nc(-c4ccc(-c5ccc6c(c5)C5(c7ccccc7O6)c6ccccc6-c6ccccc65)cc4)n3)cc21. The van der Waals surface area contributed by atoms with Gasteiger partial charge >= 0.3 is 0 Å². The molecule has 2 heterocycles. The maximum absolute atomic E-state index is 6.69. The van der Waals surface area contributed by atoms with Crippen LogP contribution in [0, 0.1) is 0 Å². The lowest BCUT2D eigenvalue weighted by molar-refractivity contribution is 0.436. The van der Waals surface area contributed by atoms with Gasteiger partial charge in [0.15, 0.2) is 5.82 Å². The Hall–Kier alpha value is -7.36. The smallest absolute Gasteiger partial charge is 0.160 e. The Morgan fingerprint density at radius 3 is 1.54 bits per heavy atom. The summed E-state index contributed by atoms with van der Waals surface area (Å²) < 4.78 is 6.69. The molecule has 1 aromatic heterocycles. The molecule has 0 N–H and O–H groups in total. The van der Waals surface area contributed by atoms with Gasteiger partial charge in [-0.2, -0.15) is 0 Å². The Kier molecular flexibility index (Phi) is 7.19. The summed E-state index contributed by atoms with van der Waals surface area (Å²) in [5.74, 6) is 2.48. The van der Waals surface area contributed by atoms with Gasteiger partial charge in [0.05, 0.1) is 16.8 Å². The van der Waals surface area contributed by atoms with Crippen LogP contribution in [0.1, 0.15) is 47.2 Å². The van der Waals surface area contributed by atoms with Crippen LogP contribution in [0.4, 0.5) is 0 Å². The molecule has 0 bridgehead atoms. The Labute approximate surface area is 344 Å². The summed E-state index contributed by atoms with van der Waals surface area (Å²) in [4.78, 5) is 10.4. The summed E-state index contributed by atoms with van der Waals surface area (Å²) in [5, 5.41) is 0. The van der Waals surface area contributed by atoms with Crippen molar-refractivity contribution in [3.63, 3.8) is 0 Å². The first-order chi connectivity index (χ1) is 29.0. The molecular formula is C56H38N2O. The first-order valence-electron chi connectivity index (χ1n) is 20.4. The van der Waals surface area contributed by atoms with Crippen molar-refractivity contribution in [1.29, 1.82) is 0 Å². The summed E-state index contributed by atoms with van der Waals surface area (Å²) in [6, 6.07) is 69.8. The Balaban J connectivity index is 0.968. The molecule has 1 spiro atoms. The van der Waals surface area contributed by atoms with Crippen LogP contribution in [-0.4, -0.2) is 9.97 Å². The molecule has 3 nitrogen and oxygen atoms in total. The van der Waals surface area contributed by atoms with Gasteiger partial charge in [0.2, 0.25) is 0 Å². The van der Waals surface area contributed by atoms with E-state index in [0.29, 0.717) is 5.82 Å². The Bertz CT molecular complexity index is 3120. The van der Waals surface area contributed by atoms with E-state index in [9.17, 15) is 0 Å². The highest BCUT2D eigenvalue weighted by Crippen LogP contribution is 2.62. The Morgan fingerprint density at radius 1 is 0.339 bits per heavy atom. The van der Waals surface area contributed by atoms with Crippen molar-refractivity contribution in [3.8, 4) is 78.8 Å². The summed E-state index contributed by atoms with van der Waals surface area (Å²) in [6.07, 6.45) is 0. The zero-order valence-electron chi connectivity index (χ0n) is 32.8. The van der Waals surface area contributed by atoms with E-state index in [1.54, 1.807) is 0 Å². The molecule has 0 saturated carbocycles. The molecule has 59 heavy (non-hydrogen) atoms. The third kappa shape index (κ3) is 4.88. The fourth-order valence-electron chi connectivity index (χ4n) is 10.2. The van der Waals surface area contributed by atoms with Gasteiger partial charge < -0.3 is 4.74 Å². The molecule has 0 fully saturated rings. The van der Waals surface area contributed by atoms with Crippen LogP contribution in [0.3, 0.4) is 0 Å². The van der Waals surface area contributed by atoms with Crippen molar-refractivity contribution in [1.82, 2.24) is 9.97 Å². The predicted molar refractivity (Wildman–Crippen MR) is 239 cm³/mol. The molecule has 0 amide bonds. The lowest BCUT2D eigenvalue weighted by Gasteiger charge is -2.39. The topological polar surface area (TPSA) is 35.0 Å². The van der Waals surface area contributed by atoms with Crippen LogP contribution in [0.15, 0.2) is 194 Å². The minimum atomic E-state index is -0.509. The highest BCUT2D eigenvalue weighted by molar-refractivity contribution is 5.89. The standard InChI is InChI=1S/C56H38N2O/c1-55(2)44-19-9-6-16-40(44)43-30-28-39(33-48(43)55)51-34-50(36-14-4-3-5-15-36)57-54(58-51)37-26-24-35(25-27-37)38-29-31-53-49(32-38)56(47-22-12-13-23-52(47)59-53)45-20-10-7-17-41(45)42-18-8-11-21-46(42)56/h3-34H,1-2H3. The van der Waals surface area contributed by atoms with Gasteiger partial charge in [-0.05, 0) is 86.0 Å². The molecule has 8 aromatic carbocycles. The molecule has 0 atom stereocenters. The van der Waals surface area contributed by atoms with E-state index >= 15 is 0 Å². The second kappa shape index (κ2) is 12.6. The van der Waals surface area contributed by atoms with Gasteiger partial charge in [-0.1, -0.05) is 178 Å². The van der Waals surface area contributed by atoms with Crippen LogP contribution >= 0.6 is 0 Å². The molecule has 9 aromatic rings. The number of rotatable bonds is 4. The zero-order valence-corrected chi connectivity index (χ0v) is 32.8. The molecule has 3 heteroatoms. The first kappa shape index (κ1) is 33.7. The largest absolute Gasteiger partial charge is 0.457 e. The molecule has 12 rings (SSSR count). The monoisotopic (exact) mass is 754 g/mol. The number of ether oxygens (including phenoxy) is 1. The van der Waals surface area contributed by atoms with Crippen LogP contribution in [0.25, 0.3) is 67.3 Å². The minimum Gasteiger partial charge on any atom is -0.457 e. The van der Waals surface area contributed by atoms with Gasteiger partial charge in [0.1, 0.15) is 11.5 Å². The van der Waals surface area contributed by atoms with Crippen molar-refractivity contribution >= 4 is 0 Å². The van der Waals surface area contributed by atoms with Crippen molar-refractivity contribution in [2.75, 3.05) is 0 Å². The third-order valence-corrected chi connectivity index (χ3v) is 13.0. The number of para-hydroxylation sites is 1. The fraction of sp³-hybridized carbons (Fsp3) is 0.0714. The van der Waals surface area contributed by atoms with E-state index in [4.69, 9.17) is 14.7 Å². The number of nitrogens with zero attached hydrogens (tertiary/aromatic N) is 2. The number of benzene rings is 8. The predicted octanol–water partition coefficient (Wildman–Crippen LogP) is 13.9. The van der Waals surface area contributed by atoms with E-state index in [2.05, 4.69) is 202 Å². The van der Waals surface area contributed by atoms with Crippen molar-refractivity contribution < 1.29 is 4.74 Å². The summed E-state index contributed by atoms with van der Waals surface area (Å²) >= 11 is 0. The van der Waals surface area contributed by atoms with Gasteiger partial charge in [-0.3, -0.25) is 0 Å². The average Bonchev–Trinajstić information content (AvgIpc) is 3.72. The molecule has 0 radical (unpaired) electrons. The molecular weight excluding hydrogens is 717 g/mol. The lowest BCUT2D eigenvalue weighted by Crippen LogP contribution is -2.32. The van der Waals surface area contributed by atoms with Crippen LogP contribution in [-0.2, 0) is 10.8 Å². The number of hydrogen-bond acceptors (Lipinski definition) is 3. The summed E-state index contributed by atoms with van der Waals surface area (Å²) in [7, 11) is 0. The Morgan fingerprint density at radius 2 is 0.831 bits per heavy atom. The molecule has 278 valence electrons. The van der Waals surface area contributed by atoms with Gasteiger partial charge in [-0.15, -0.1) is 0 Å². The average molecular weight is 755 g/mol. The minimum absolute atomic E-state index is 0.105. The number of hydrogen-bond donors (Lipinski definition) is 0. The van der Waals surface area contributed by atoms with E-state index in [-0.39, 0.29) is 5.41 Å². The van der Waals surface area contributed by atoms with Crippen LogP contribution < -0.4 is 4.74 Å². The van der Waals surface area contributed by atoms with E-state index in [1.165, 1.54) is 50.1 Å². The number of aromatic nitrogens is 2. The lowest BCUT2D eigenvalue weighted by atomic mass is 9.66. The van der Waals surface area contributed by atoms with Crippen molar-refractivity contribution in [3.05, 3.63) is 228 Å². The molecule has 2 aliphatic carbocycles. The van der Waals surface area contributed by atoms with Crippen LogP contribution in [0.2, 0.25) is 0 Å². The van der Waals surface area contributed by atoms with Crippen molar-refractivity contribution in [2.24, 2.45) is 0 Å². The van der Waals surface area contributed by atoms with Gasteiger partial charge in [0, 0.05) is 33.2 Å². The molecule has 3 aliphatic rings. The van der Waals surface area contributed by atoms with E-state index in [0.717, 1.165) is 56.3 Å². The quantitative estimate of drug-likeness (QED) is 0.179.